The fraction of sp³-hybridized carbons (Fsp3) is 0.711. The fourth-order valence-electron chi connectivity index (χ4n) is 6.93. The van der Waals surface area contributed by atoms with Crippen molar-refractivity contribution in [1.82, 2.24) is 16.0 Å². The summed E-state index contributed by atoms with van der Waals surface area (Å²) in [5.74, 6) is -4.64. The molecule has 0 aliphatic carbocycles. The van der Waals surface area contributed by atoms with Crippen LogP contribution in [-0.2, 0) is 35.2 Å². The zero-order valence-corrected chi connectivity index (χ0v) is 36.2. The SMILES string of the molecule is CCCCCCCCCCCCCCCC(=O)N[C@@H](C)C(=O)N[C@H](C(=O)C[C@@H](Cc1ccccc1)C(=O)N[C@@H](CCCN=C(N)N)C(=O)C[C@@H](CO)C(C)=O)C(C)C. The van der Waals surface area contributed by atoms with Crippen molar-refractivity contribution in [3.05, 3.63) is 35.9 Å². The molecule has 328 valence electrons. The molecule has 13 nitrogen and oxygen atoms in total. The molecule has 58 heavy (non-hydrogen) atoms. The topological polar surface area (TPSA) is 223 Å². The van der Waals surface area contributed by atoms with Crippen LogP contribution in [0.4, 0.5) is 0 Å². The van der Waals surface area contributed by atoms with Crippen molar-refractivity contribution in [1.29, 1.82) is 0 Å². The number of benzene rings is 1. The van der Waals surface area contributed by atoms with Crippen molar-refractivity contribution >= 4 is 41.0 Å². The van der Waals surface area contributed by atoms with E-state index in [1.54, 1.807) is 20.8 Å². The standard InChI is InChI=1S/C45H76N6O7/c1-6-7-8-9-10-11-12-13-14-15-16-17-21-26-41(56)49-33(4)43(57)51-42(32(2)3)40(55)29-36(28-35-23-19-18-20-24-35)44(58)50-38(25-22-27-48-45(46)47)39(54)30-37(31-52)34(5)53/h18-20,23-24,32-33,36-38,42,52H,6-17,21-22,25-31H2,1-5H3,(H,49,56)(H,50,58)(H,51,57)(H4,46,47,48)/t33-,36+,37-,38-,42-/m0/s1. The first-order valence-electron chi connectivity index (χ1n) is 21.9. The van der Waals surface area contributed by atoms with E-state index in [9.17, 15) is 33.9 Å². The van der Waals surface area contributed by atoms with E-state index < -0.39 is 54.2 Å². The predicted molar refractivity (Wildman–Crippen MR) is 231 cm³/mol. The van der Waals surface area contributed by atoms with Crippen molar-refractivity contribution in [2.24, 2.45) is 34.2 Å². The lowest BCUT2D eigenvalue weighted by Gasteiger charge is -2.27. The molecule has 0 unspecified atom stereocenters. The molecule has 0 aliphatic heterocycles. The van der Waals surface area contributed by atoms with Gasteiger partial charge in [-0.05, 0) is 51.0 Å². The second-order valence-electron chi connectivity index (χ2n) is 16.2. The van der Waals surface area contributed by atoms with Crippen molar-refractivity contribution in [2.75, 3.05) is 13.2 Å². The molecule has 1 rings (SSSR count). The Balaban J connectivity index is 2.85. The maximum atomic E-state index is 14.0. The number of aliphatic hydroxyl groups excluding tert-OH is 1. The summed E-state index contributed by atoms with van der Waals surface area (Å²) in [5, 5.41) is 18.1. The molecule has 0 spiro atoms. The van der Waals surface area contributed by atoms with E-state index in [0.717, 1.165) is 24.8 Å². The highest BCUT2D eigenvalue weighted by molar-refractivity contribution is 5.96. The lowest BCUT2D eigenvalue weighted by atomic mass is 9.87. The number of carbonyl (C=O) groups excluding carboxylic acids is 6. The summed E-state index contributed by atoms with van der Waals surface area (Å²) in [6.45, 7) is 8.41. The number of hydrogen-bond acceptors (Lipinski definition) is 8. The minimum Gasteiger partial charge on any atom is -0.396 e. The molecule has 3 amide bonds. The Morgan fingerprint density at radius 3 is 1.76 bits per heavy atom. The molecule has 13 heteroatoms. The van der Waals surface area contributed by atoms with Crippen LogP contribution in [0.2, 0.25) is 0 Å². The molecular formula is C45H76N6O7. The Morgan fingerprint density at radius 2 is 1.24 bits per heavy atom. The molecule has 0 bridgehead atoms. The maximum Gasteiger partial charge on any atom is 0.242 e. The molecule has 0 heterocycles. The zero-order valence-electron chi connectivity index (χ0n) is 36.2. The van der Waals surface area contributed by atoms with E-state index in [1.165, 1.54) is 71.1 Å². The quantitative estimate of drug-likeness (QED) is 0.0288. The molecule has 0 saturated heterocycles. The number of aliphatic hydroxyl groups is 1. The Labute approximate surface area is 348 Å². The van der Waals surface area contributed by atoms with Gasteiger partial charge in [0.1, 0.15) is 11.8 Å². The van der Waals surface area contributed by atoms with Crippen molar-refractivity contribution in [2.45, 2.75) is 175 Å². The van der Waals surface area contributed by atoms with Gasteiger partial charge in [0.25, 0.3) is 0 Å². The summed E-state index contributed by atoms with van der Waals surface area (Å²) in [6, 6.07) is 6.34. The number of rotatable bonds is 34. The average molecular weight is 813 g/mol. The van der Waals surface area contributed by atoms with E-state index in [2.05, 4.69) is 27.9 Å². The maximum absolute atomic E-state index is 14.0. The van der Waals surface area contributed by atoms with Crippen LogP contribution in [0, 0.1) is 17.8 Å². The highest BCUT2D eigenvalue weighted by atomic mass is 16.3. The minimum atomic E-state index is -1.02. The van der Waals surface area contributed by atoms with Crippen LogP contribution in [0.1, 0.15) is 156 Å². The summed E-state index contributed by atoms with van der Waals surface area (Å²) in [6.07, 6.45) is 16.2. The van der Waals surface area contributed by atoms with Crippen molar-refractivity contribution in [3.8, 4) is 0 Å². The molecule has 0 fully saturated rings. The molecule has 5 atom stereocenters. The predicted octanol–water partition coefficient (Wildman–Crippen LogP) is 5.63. The second-order valence-corrected chi connectivity index (χ2v) is 16.2. The molecule has 0 aromatic heterocycles. The largest absolute Gasteiger partial charge is 0.396 e. The van der Waals surface area contributed by atoms with E-state index in [1.807, 2.05) is 30.3 Å². The summed E-state index contributed by atoms with van der Waals surface area (Å²) in [5.41, 5.74) is 11.7. The van der Waals surface area contributed by atoms with Crippen LogP contribution < -0.4 is 27.4 Å². The van der Waals surface area contributed by atoms with Gasteiger partial charge in [0.2, 0.25) is 17.7 Å². The minimum absolute atomic E-state index is 0.112. The fourth-order valence-corrected chi connectivity index (χ4v) is 6.93. The van der Waals surface area contributed by atoms with Crippen LogP contribution in [0.25, 0.3) is 0 Å². The summed E-state index contributed by atoms with van der Waals surface area (Å²) in [7, 11) is 0. The van der Waals surface area contributed by atoms with Gasteiger partial charge in [-0.1, -0.05) is 128 Å². The Kier molecular flexibility index (Phi) is 27.6. The third-order valence-corrected chi connectivity index (χ3v) is 10.6. The average Bonchev–Trinajstić information content (AvgIpc) is 3.18. The Hall–Kier alpha value is -4.13. The number of Topliss-reactive ketones (excluding diaryl/α,β-unsaturated/α-hetero) is 3. The van der Waals surface area contributed by atoms with E-state index in [-0.39, 0.29) is 61.6 Å². The molecule has 1 aromatic carbocycles. The van der Waals surface area contributed by atoms with Crippen LogP contribution in [0.3, 0.4) is 0 Å². The van der Waals surface area contributed by atoms with Gasteiger partial charge in [-0.2, -0.15) is 0 Å². The lowest BCUT2D eigenvalue weighted by Crippen LogP contribution is -2.53. The molecule has 1 aromatic rings. The van der Waals surface area contributed by atoms with Crippen molar-refractivity contribution < 1.29 is 33.9 Å². The zero-order chi connectivity index (χ0) is 43.3. The van der Waals surface area contributed by atoms with Gasteiger partial charge < -0.3 is 32.5 Å². The Bertz CT molecular complexity index is 1400. The van der Waals surface area contributed by atoms with Gasteiger partial charge in [0.15, 0.2) is 17.5 Å². The van der Waals surface area contributed by atoms with Gasteiger partial charge in [0.05, 0.1) is 18.7 Å². The summed E-state index contributed by atoms with van der Waals surface area (Å²) < 4.78 is 0. The number of hydrogen-bond donors (Lipinski definition) is 6. The monoisotopic (exact) mass is 813 g/mol. The third kappa shape index (κ3) is 23.3. The van der Waals surface area contributed by atoms with Crippen LogP contribution in [0.5, 0.6) is 0 Å². The van der Waals surface area contributed by atoms with Gasteiger partial charge in [0, 0.05) is 37.6 Å². The number of nitrogens with one attached hydrogen (secondary N) is 3. The summed E-state index contributed by atoms with van der Waals surface area (Å²) in [4.78, 5) is 83.2. The number of unbranched alkanes of at least 4 members (excludes halogenated alkanes) is 12. The van der Waals surface area contributed by atoms with E-state index in [4.69, 9.17) is 11.5 Å². The number of ketones is 3. The van der Waals surface area contributed by atoms with Gasteiger partial charge >= 0.3 is 0 Å². The molecule has 0 saturated carbocycles. The highest BCUT2D eigenvalue weighted by Gasteiger charge is 2.33. The number of carbonyl (C=O) groups is 6. The lowest BCUT2D eigenvalue weighted by molar-refractivity contribution is -0.135. The van der Waals surface area contributed by atoms with Crippen LogP contribution >= 0.6 is 0 Å². The number of nitrogens with two attached hydrogens (primary N) is 2. The first-order valence-corrected chi connectivity index (χ1v) is 21.9. The van der Waals surface area contributed by atoms with E-state index in [0.29, 0.717) is 12.8 Å². The number of guanidine groups is 1. The van der Waals surface area contributed by atoms with Gasteiger partial charge in [-0.15, -0.1) is 0 Å². The molecule has 0 aliphatic rings. The summed E-state index contributed by atoms with van der Waals surface area (Å²) >= 11 is 0. The smallest absolute Gasteiger partial charge is 0.242 e. The number of nitrogens with zero attached hydrogens (tertiary/aromatic N) is 1. The van der Waals surface area contributed by atoms with Crippen LogP contribution in [-0.4, -0.2) is 77.4 Å². The van der Waals surface area contributed by atoms with Gasteiger partial charge in [-0.25, -0.2) is 0 Å². The van der Waals surface area contributed by atoms with Gasteiger partial charge in [-0.3, -0.25) is 33.8 Å². The first kappa shape index (κ1) is 51.9. The van der Waals surface area contributed by atoms with Crippen LogP contribution in [0.15, 0.2) is 35.3 Å². The highest BCUT2D eigenvalue weighted by Crippen LogP contribution is 2.19. The first-order chi connectivity index (χ1) is 27.7. The number of amides is 3. The molecular weight excluding hydrogens is 737 g/mol. The second kappa shape index (κ2) is 30.9. The Morgan fingerprint density at radius 1 is 0.690 bits per heavy atom. The normalized spacial score (nSPS) is 13.8. The third-order valence-electron chi connectivity index (χ3n) is 10.6. The molecule has 0 radical (unpaired) electrons. The molecule has 8 N–H and O–H groups in total. The van der Waals surface area contributed by atoms with Crippen molar-refractivity contribution in [3.63, 3.8) is 0 Å². The van der Waals surface area contributed by atoms with E-state index >= 15 is 0 Å². The number of aliphatic imine (C=N–C) groups is 1.